The molecule has 2 aliphatic rings. The monoisotopic (exact) mass is 583 g/mol. The van der Waals surface area contributed by atoms with E-state index in [4.69, 9.17) is 33.7 Å². The van der Waals surface area contributed by atoms with Crippen LogP contribution in [-0.2, 0) is 4.79 Å². The number of carbonyl (C=O) groups is 1. The minimum Gasteiger partial charge on any atom is -0.486 e. The number of rotatable bonds is 7. The number of aromatic nitrogens is 4. The Morgan fingerprint density at radius 1 is 1.18 bits per heavy atom. The number of anilines is 1. The van der Waals surface area contributed by atoms with Crippen molar-refractivity contribution in [3.8, 4) is 17.0 Å². The minimum atomic E-state index is -0.677. The lowest BCUT2D eigenvalue weighted by Crippen LogP contribution is -2.69. The summed E-state index contributed by atoms with van der Waals surface area (Å²) >= 11 is 12.6. The summed E-state index contributed by atoms with van der Waals surface area (Å²) in [5.41, 5.74) is 8.22. The van der Waals surface area contributed by atoms with Crippen LogP contribution in [0.15, 0.2) is 42.9 Å². The lowest BCUT2D eigenvalue weighted by Gasteiger charge is -2.48. The molecule has 5 heterocycles. The Bertz CT molecular complexity index is 1560. The second kappa shape index (κ2) is 10.5. The van der Waals surface area contributed by atoms with Crippen LogP contribution < -0.4 is 15.4 Å². The van der Waals surface area contributed by atoms with Crippen LogP contribution in [0.1, 0.15) is 37.9 Å². The van der Waals surface area contributed by atoms with Gasteiger partial charge in [0.25, 0.3) is 0 Å². The van der Waals surface area contributed by atoms with Crippen molar-refractivity contribution in [2.24, 2.45) is 5.73 Å². The van der Waals surface area contributed by atoms with Gasteiger partial charge in [-0.05, 0) is 44.0 Å². The minimum absolute atomic E-state index is 0.0681. The molecule has 0 aliphatic carbocycles. The number of aromatic amines is 1. The van der Waals surface area contributed by atoms with Crippen molar-refractivity contribution < 1.29 is 13.9 Å². The highest BCUT2D eigenvalue weighted by atomic mass is 35.5. The van der Waals surface area contributed by atoms with Crippen molar-refractivity contribution in [1.82, 2.24) is 25.1 Å². The third kappa shape index (κ3) is 5.07. The summed E-state index contributed by atoms with van der Waals surface area (Å²) in [7, 11) is 0. The summed E-state index contributed by atoms with van der Waals surface area (Å²) in [6, 6.07) is 6.89. The van der Waals surface area contributed by atoms with Crippen molar-refractivity contribution in [2.45, 2.75) is 37.8 Å². The molecule has 6 rings (SSSR count). The topological polar surface area (TPSA) is 113 Å². The summed E-state index contributed by atoms with van der Waals surface area (Å²) in [5.74, 6) is 0.366. The molecule has 40 heavy (non-hydrogen) atoms. The van der Waals surface area contributed by atoms with Gasteiger partial charge in [0.15, 0.2) is 11.6 Å². The summed E-state index contributed by atoms with van der Waals surface area (Å²) in [5, 5.41) is 8.96. The number of H-pyrrole nitrogens is 1. The Morgan fingerprint density at radius 3 is 2.60 bits per heavy atom. The number of nitrogens with two attached hydrogens (primary N) is 1. The molecule has 1 amide bonds. The molecule has 2 fully saturated rings. The zero-order valence-corrected chi connectivity index (χ0v) is 23.3. The summed E-state index contributed by atoms with van der Waals surface area (Å²) in [6.07, 6.45) is 6.51. The maximum Gasteiger partial charge on any atom is 0.224 e. The lowest BCUT2D eigenvalue weighted by atomic mass is 9.86. The number of pyridine rings is 2. The average Bonchev–Trinajstić information content (AvgIpc) is 3.58. The number of nitrogens with zero attached hydrogens (tertiary/aromatic N) is 5. The summed E-state index contributed by atoms with van der Waals surface area (Å²) in [4.78, 5) is 24.5. The first-order chi connectivity index (χ1) is 19.2. The predicted octanol–water partition coefficient (Wildman–Crippen LogP) is 5.14. The van der Waals surface area contributed by atoms with E-state index < -0.39 is 17.5 Å². The number of amides is 1. The van der Waals surface area contributed by atoms with Gasteiger partial charge in [-0.3, -0.25) is 14.9 Å². The molecule has 0 spiro atoms. The van der Waals surface area contributed by atoms with Crippen molar-refractivity contribution in [1.29, 1.82) is 0 Å². The highest BCUT2D eigenvalue weighted by molar-refractivity contribution is 6.35. The molecule has 4 aromatic rings. The standard InChI is InChI=1S/C28H28Cl2FN7O2/c1-16(25-20(29)12-33-13-21(25)30)40-18-4-5-23-19(9-18)26(36-35-23)17-8-22(31)27(34-11-17)38-14-28(32,15-38)10-24(39)37-6-2-3-7-37/h4-5,8-9,11-13,16H,2-3,6-7,10,14-15,32H2,1H3,(H,35,36)/t16-/m1/s1. The molecule has 208 valence electrons. The SMILES string of the molecule is C[C@@H](Oc1ccc2[nH]nc(-c3cnc(N4CC(N)(CC(=O)N5CCCC5)C4)c(F)c3)c2c1)c1c(Cl)cncc1Cl. The molecule has 0 saturated carbocycles. The maximum absolute atomic E-state index is 15.3. The van der Waals surface area contributed by atoms with Crippen LogP contribution in [0.3, 0.4) is 0 Å². The van der Waals surface area contributed by atoms with E-state index in [9.17, 15) is 4.79 Å². The van der Waals surface area contributed by atoms with E-state index in [0.29, 0.717) is 45.7 Å². The first-order valence-electron chi connectivity index (χ1n) is 13.1. The van der Waals surface area contributed by atoms with Crippen LogP contribution in [0.2, 0.25) is 10.0 Å². The number of benzene rings is 1. The van der Waals surface area contributed by atoms with Gasteiger partial charge in [0.2, 0.25) is 5.91 Å². The quantitative estimate of drug-likeness (QED) is 0.310. The van der Waals surface area contributed by atoms with Crippen LogP contribution in [0, 0.1) is 5.82 Å². The number of hydrogen-bond donors (Lipinski definition) is 2. The van der Waals surface area contributed by atoms with E-state index >= 15 is 4.39 Å². The van der Waals surface area contributed by atoms with Crippen molar-refractivity contribution >= 4 is 45.8 Å². The number of nitrogens with one attached hydrogen (secondary N) is 1. The highest BCUT2D eigenvalue weighted by Crippen LogP contribution is 2.36. The highest BCUT2D eigenvalue weighted by Gasteiger charge is 2.43. The van der Waals surface area contributed by atoms with Gasteiger partial charge >= 0.3 is 0 Å². The van der Waals surface area contributed by atoms with E-state index in [0.717, 1.165) is 36.8 Å². The molecule has 3 N–H and O–H groups in total. The molecule has 0 unspecified atom stereocenters. The number of halogens is 3. The molecule has 9 nitrogen and oxygen atoms in total. The number of ether oxygens (including phenoxy) is 1. The fraction of sp³-hybridized carbons (Fsp3) is 0.357. The third-order valence-corrected chi connectivity index (χ3v) is 8.11. The van der Waals surface area contributed by atoms with Crippen molar-refractivity contribution in [2.75, 3.05) is 31.1 Å². The fourth-order valence-corrected chi connectivity index (χ4v) is 6.18. The van der Waals surface area contributed by atoms with Gasteiger partial charge in [-0.15, -0.1) is 0 Å². The van der Waals surface area contributed by atoms with Crippen LogP contribution in [0.4, 0.5) is 10.2 Å². The van der Waals surface area contributed by atoms with Crippen molar-refractivity contribution in [3.05, 3.63) is 64.3 Å². The van der Waals surface area contributed by atoms with E-state index in [2.05, 4.69) is 20.2 Å². The second-order valence-corrected chi connectivity index (χ2v) is 11.4. The number of fused-ring (bicyclic) bond motifs is 1. The molecule has 1 aromatic carbocycles. The van der Waals surface area contributed by atoms with Gasteiger partial charge in [0.1, 0.15) is 17.5 Å². The number of carbonyl (C=O) groups excluding carboxylic acids is 1. The molecule has 12 heteroatoms. The van der Waals surface area contributed by atoms with Gasteiger partial charge in [-0.1, -0.05) is 23.2 Å². The number of likely N-dealkylation sites (tertiary alicyclic amines) is 1. The van der Waals surface area contributed by atoms with Crippen LogP contribution >= 0.6 is 23.2 Å². The summed E-state index contributed by atoms with van der Waals surface area (Å²) in [6.45, 7) is 4.16. The van der Waals surface area contributed by atoms with Gasteiger partial charge < -0.3 is 20.3 Å². The van der Waals surface area contributed by atoms with E-state index in [1.807, 2.05) is 30.0 Å². The Morgan fingerprint density at radius 2 is 1.90 bits per heavy atom. The average molecular weight is 584 g/mol. The van der Waals surface area contributed by atoms with Gasteiger partial charge in [0.05, 0.1) is 21.1 Å². The zero-order valence-electron chi connectivity index (χ0n) is 21.8. The smallest absolute Gasteiger partial charge is 0.224 e. The molecular weight excluding hydrogens is 556 g/mol. The first kappa shape index (κ1) is 26.7. The largest absolute Gasteiger partial charge is 0.486 e. The third-order valence-electron chi connectivity index (χ3n) is 7.51. The van der Waals surface area contributed by atoms with E-state index in [1.165, 1.54) is 18.5 Å². The predicted molar refractivity (Wildman–Crippen MR) is 152 cm³/mol. The summed E-state index contributed by atoms with van der Waals surface area (Å²) < 4.78 is 21.4. The van der Waals surface area contributed by atoms with Gasteiger partial charge in [0, 0.05) is 67.7 Å². The van der Waals surface area contributed by atoms with Crippen LogP contribution in [0.5, 0.6) is 5.75 Å². The van der Waals surface area contributed by atoms with Crippen LogP contribution in [0.25, 0.3) is 22.2 Å². The number of hydrogen-bond acceptors (Lipinski definition) is 7. The molecule has 1 atom stereocenters. The van der Waals surface area contributed by atoms with E-state index in [1.54, 1.807) is 11.1 Å². The lowest BCUT2D eigenvalue weighted by molar-refractivity contribution is -0.131. The zero-order chi connectivity index (χ0) is 28.0. The molecular formula is C28H28Cl2FN7O2. The normalized spacial score (nSPS) is 17.2. The molecule has 2 saturated heterocycles. The Hall–Kier alpha value is -3.47. The fourth-order valence-electron chi connectivity index (χ4n) is 5.51. The molecule has 3 aromatic heterocycles. The Labute approximate surface area is 240 Å². The van der Waals surface area contributed by atoms with Crippen molar-refractivity contribution in [3.63, 3.8) is 0 Å². The molecule has 0 bridgehead atoms. The van der Waals surface area contributed by atoms with Gasteiger partial charge in [-0.25, -0.2) is 9.37 Å². The maximum atomic E-state index is 15.3. The molecule has 0 radical (unpaired) electrons. The van der Waals surface area contributed by atoms with Crippen LogP contribution in [-0.4, -0.2) is 62.7 Å². The molecule has 2 aliphatic heterocycles. The van der Waals surface area contributed by atoms with E-state index in [-0.39, 0.29) is 18.1 Å². The Kier molecular flexibility index (Phi) is 7.02. The Balaban J connectivity index is 1.18. The first-order valence-corrected chi connectivity index (χ1v) is 13.9. The van der Waals surface area contributed by atoms with Gasteiger partial charge in [-0.2, -0.15) is 5.10 Å². The second-order valence-electron chi connectivity index (χ2n) is 10.6.